The number of nitrogens with zero attached hydrogens (tertiary/aromatic N) is 1. The van der Waals surface area contributed by atoms with Gasteiger partial charge in [-0.2, -0.15) is 0 Å². The lowest BCUT2D eigenvalue weighted by atomic mass is 10.00. The van der Waals surface area contributed by atoms with Crippen LogP contribution in [0.1, 0.15) is 27.0 Å². The molecule has 3 amide bonds. The molecule has 7 nitrogen and oxygen atoms in total. The SMILES string of the molecule is O=C(NCC(=O)N(c1cccc2ccccc12)[C@H](C(=O)NCc1ccco1)c1ccccc1F)c1cccs1. The number of hydrogen-bond acceptors (Lipinski definition) is 5. The molecule has 2 aromatic heterocycles. The summed E-state index contributed by atoms with van der Waals surface area (Å²) in [5.74, 6) is -1.75. The molecule has 39 heavy (non-hydrogen) atoms. The standard InChI is InChI=1S/C30H24FN3O4S/c31-24-13-4-3-12-23(24)28(30(37)32-18-21-10-6-16-38-21)34(25-14-5-9-20-8-1-2-11-22(20)25)27(35)19-33-29(36)26-15-7-17-39-26/h1-17,28H,18-19H2,(H,32,37)(H,33,36)/t28-/m0/s1. The van der Waals surface area contributed by atoms with Crippen LogP contribution in [0, 0.1) is 5.82 Å². The van der Waals surface area contributed by atoms with Crippen LogP contribution in [0.5, 0.6) is 0 Å². The molecule has 1 atom stereocenters. The lowest BCUT2D eigenvalue weighted by Gasteiger charge is -2.32. The van der Waals surface area contributed by atoms with E-state index in [2.05, 4.69) is 10.6 Å². The highest BCUT2D eigenvalue weighted by molar-refractivity contribution is 7.12. The van der Waals surface area contributed by atoms with E-state index in [0.717, 1.165) is 5.39 Å². The topological polar surface area (TPSA) is 91.7 Å². The van der Waals surface area contributed by atoms with E-state index in [4.69, 9.17) is 4.42 Å². The second-order valence-electron chi connectivity index (χ2n) is 8.64. The molecule has 0 aliphatic carbocycles. The number of benzene rings is 3. The molecule has 3 aromatic carbocycles. The smallest absolute Gasteiger partial charge is 0.261 e. The Kier molecular flexibility index (Phi) is 7.79. The van der Waals surface area contributed by atoms with Crippen molar-refractivity contribution < 1.29 is 23.2 Å². The molecule has 196 valence electrons. The number of halogens is 1. The Morgan fingerprint density at radius 1 is 0.872 bits per heavy atom. The maximum absolute atomic E-state index is 15.3. The van der Waals surface area contributed by atoms with E-state index in [-0.39, 0.29) is 12.1 Å². The molecule has 5 aromatic rings. The van der Waals surface area contributed by atoms with Crippen molar-refractivity contribution in [2.45, 2.75) is 12.6 Å². The Balaban J connectivity index is 1.58. The number of thiophene rings is 1. The third kappa shape index (κ3) is 5.73. The normalized spacial score (nSPS) is 11.6. The van der Waals surface area contributed by atoms with Gasteiger partial charge in [-0.05, 0) is 41.1 Å². The Labute approximate surface area is 227 Å². The fourth-order valence-electron chi connectivity index (χ4n) is 4.35. The highest BCUT2D eigenvalue weighted by Gasteiger charge is 2.35. The van der Waals surface area contributed by atoms with Gasteiger partial charge in [0.2, 0.25) is 11.8 Å². The average Bonchev–Trinajstić information content (AvgIpc) is 3.69. The van der Waals surface area contributed by atoms with Crippen LogP contribution in [0.15, 0.2) is 107 Å². The number of anilines is 1. The van der Waals surface area contributed by atoms with Gasteiger partial charge in [-0.15, -0.1) is 11.3 Å². The van der Waals surface area contributed by atoms with Crippen LogP contribution in [0.3, 0.4) is 0 Å². The minimum absolute atomic E-state index is 0.0142. The monoisotopic (exact) mass is 541 g/mol. The summed E-state index contributed by atoms with van der Waals surface area (Å²) in [7, 11) is 0. The van der Waals surface area contributed by atoms with E-state index in [1.165, 1.54) is 40.7 Å². The summed E-state index contributed by atoms with van der Waals surface area (Å²) in [6.45, 7) is -0.361. The summed E-state index contributed by atoms with van der Waals surface area (Å²) in [6.07, 6.45) is 1.48. The number of amides is 3. The number of hydrogen-bond donors (Lipinski definition) is 2. The van der Waals surface area contributed by atoms with Crippen molar-refractivity contribution >= 4 is 45.5 Å². The van der Waals surface area contributed by atoms with Crippen molar-refractivity contribution in [2.75, 3.05) is 11.4 Å². The second-order valence-corrected chi connectivity index (χ2v) is 9.59. The molecule has 0 fully saturated rings. The van der Waals surface area contributed by atoms with Gasteiger partial charge in [-0.1, -0.05) is 60.7 Å². The number of furan rings is 1. The highest BCUT2D eigenvalue weighted by atomic mass is 32.1. The van der Waals surface area contributed by atoms with Gasteiger partial charge in [0.25, 0.3) is 5.91 Å². The second kappa shape index (κ2) is 11.7. The quantitative estimate of drug-likeness (QED) is 0.260. The van der Waals surface area contributed by atoms with Crippen LogP contribution >= 0.6 is 11.3 Å². The fraction of sp³-hybridized carbons (Fsp3) is 0.100. The van der Waals surface area contributed by atoms with E-state index in [0.29, 0.717) is 21.7 Å². The predicted octanol–water partition coefficient (Wildman–Crippen LogP) is 5.45. The minimum atomic E-state index is -1.38. The first-order chi connectivity index (χ1) is 19.0. The summed E-state index contributed by atoms with van der Waals surface area (Å²) < 4.78 is 20.6. The first-order valence-corrected chi connectivity index (χ1v) is 13.1. The molecule has 0 radical (unpaired) electrons. The summed E-state index contributed by atoms with van der Waals surface area (Å²) in [4.78, 5) is 42.0. The van der Waals surface area contributed by atoms with Gasteiger partial charge in [-0.3, -0.25) is 19.3 Å². The lowest BCUT2D eigenvalue weighted by molar-refractivity contribution is -0.126. The van der Waals surface area contributed by atoms with E-state index < -0.39 is 36.1 Å². The molecule has 2 heterocycles. The largest absolute Gasteiger partial charge is 0.467 e. The van der Waals surface area contributed by atoms with Crippen molar-refractivity contribution in [2.24, 2.45) is 0 Å². The highest BCUT2D eigenvalue weighted by Crippen LogP contribution is 2.34. The molecule has 9 heteroatoms. The van der Waals surface area contributed by atoms with Gasteiger partial charge < -0.3 is 15.1 Å². The number of carbonyl (C=O) groups excluding carboxylic acids is 3. The molecular weight excluding hydrogens is 517 g/mol. The number of rotatable bonds is 9. The molecule has 0 saturated carbocycles. The van der Waals surface area contributed by atoms with Gasteiger partial charge >= 0.3 is 0 Å². The van der Waals surface area contributed by atoms with E-state index in [1.807, 2.05) is 30.3 Å². The van der Waals surface area contributed by atoms with Crippen LogP contribution < -0.4 is 15.5 Å². The first kappa shape index (κ1) is 25.9. The molecular formula is C30H24FN3O4S. The molecule has 0 aliphatic rings. The van der Waals surface area contributed by atoms with Crippen LogP contribution in [0.2, 0.25) is 0 Å². The minimum Gasteiger partial charge on any atom is -0.467 e. The Hall–Kier alpha value is -4.76. The third-order valence-electron chi connectivity index (χ3n) is 6.16. The molecule has 0 saturated heterocycles. The first-order valence-electron chi connectivity index (χ1n) is 12.2. The van der Waals surface area contributed by atoms with Crippen molar-refractivity contribution in [3.8, 4) is 0 Å². The lowest BCUT2D eigenvalue weighted by Crippen LogP contribution is -2.47. The van der Waals surface area contributed by atoms with Gasteiger partial charge in [0.1, 0.15) is 17.6 Å². The summed E-state index contributed by atoms with van der Waals surface area (Å²) in [5.41, 5.74) is 0.421. The average molecular weight is 542 g/mol. The Bertz CT molecular complexity index is 1600. The maximum atomic E-state index is 15.3. The van der Waals surface area contributed by atoms with E-state index in [1.54, 1.807) is 47.8 Å². The van der Waals surface area contributed by atoms with Gasteiger partial charge in [0.05, 0.1) is 29.9 Å². The van der Waals surface area contributed by atoms with Crippen molar-refractivity contribution in [1.82, 2.24) is 10.6 Å². The third-order valence-corrected chi connectivity index (χ3v) is 7.03. The predicted molar refractivity (Wildman–Crippen MR) is 148 cm³/mol. The number of nitrogens with one attached hydrogen (secondary N) is 2. The molecule has 2 N–H and O–H groups in total. The van der Waals surface area contributed by atoms with E-state index in [9.17, 15) is 14.4 Å². The zero-order valence-electron chi connectivity index (χ0n) is 20.7. The zero-order valence-corrected chi connectivity index (χ0v) is 21.5. The van der Waals surface area contributed by atoms with Gasteiger partial charge in [0.15, 0.2) is 0 Å². The summed E-state index contributed by atoms with van der Waals surface area (Å²) >= 11 is 1.25. The molecule has 0 aliphatic heterocycles. The Morgan fingerprint density at radius 2 is 1.67 bits per heavy atom. The molecule has 0 unspecified atom stereocenters. The Morgan fingerprint density at radius 3 is 2.44 bits per heavy atom. The van der Waals surface area contributed by atoms with Crippen LogP contribution in [0.4, 0.5) is 10.1 Å². The number of carbonyl (C=O) groups is 3. The van der Waals surface area contributed by atoms with Crippen molar-refractivity contribution in [3.63, 3.8) is 0 Å². The summed E-state index contributed by atoms with van der Waals surface area (Å²) in [6, 6.07) is 24.0. The van der Waals surface area contributed by atoms with Crippen molar-refractivity contribution in [3.05, 3.63) is 125 Å². The fourth-order valence-corrected chi connectivity index (χ4v) is 4.99. The number of fused-ring (bicyclic) bond motifs is 1. The van der Waals surface area contributed by atoms with E-state index >= 15 is 4.39 Å². The van der Waals surface area contributed by atoms with Crippen molar-refractivity contribution in [1.29, 1.82) is 0 Å². The summed E-state index contributed by atoms with van der Waals surface area (Å²) in [5, 5.41) is 8.70. The zero-order chi connectivity index (χ0) is 27.2. The van der Waals surface area contributed by atoms with Crippen LogP contribution in [-0.4, -0.2) is 24.3 Å². The van der Waals surface area contributed by atoms with Crippen LogP contribution in [0.25, 0.3) is 10.8 Å². The molecule has 5 rings (SSSR count). The molecule has 0 spiro atoms. The molecule has 0 bridgehead atoms. The van der Waals surface area contributed by atoms with Gasteiger partial charge in [-0.25, -0.2) is 4.39 Å². The van der Waals surface area contributed by atoms with Gasteiger partial charge in [0, 0.05) is 10.9 Å². The van der Waals surface area contributed by atoms with Crippen LogP contribution in [-0.2, 0) is 16.1 Å². The maximum Gasteiger partial charge on any atom is 0.261 e.